The van der Waals surface area contributed by atoms with Crippen molar-refractivity contribution >= 4 is 6.03 Å². The van der Waals surface area contributed by atoms with Crippen molar-refractivity contribution in [1.82, 2.24) is 10.2 Å². The Morgan fingerprint density at radius 3 is 2.83 bits per heavy atom. The van der Waals surface area contributed by atoms with Crippen LogP contribution in [0.15, 0.2) is 24.3 Å². The Kier molecular flexibility index (Phi) is 6.42. The fourth-order valence-corrected chi connectivity index (χ4v) is 3.15. The van der Waals surface area contributed by atoms with E-state index in [4.69, 9.17) is 4.74 Å². The monoisotopic (exact) mass is 320 g/mol. The maximum atomic E-state index is 12.7. The lowest BCUT2D eigenvalue weighted by molar-refractivity contribution is 0.119. The number of rotatable bonds is 6. The summed E-state index contributed by atoms with van der Waals surface area (Å²) in [5.74, 6) is 0.332. The van der Waals surface area contributed by atoms with Crippen LogP contribution in [0.25, 0.3) is 0 Å². The number of urea groups is 1. The summed E-state index contributed by atoms with van der Waals surface area (Å²) in [4.78, 5) is 14.5. The van der Waals surface area contributed by atoms with Gasteiger partial charge in [-0.2, -0.15) is 0 Å². The van der Waals surface area contributed by atoms with Crippen LogP contribution >= 0.6 is 0 Å². The minimum atomic E-state index is -0.268. The van der Waals surface area contributed by atoms with Gasteiger partial charge in [0.2, 0.25) is 0 Å². The zero-order valence-corrected chi connectivity index (χ0v) is 14.3. The first-order chi connectivity index (χ1) is 11.1. The fraction of sp³-hybridized carbons (Fsp3) is 0.611. The number of fused-ring (bicyclic) bond motifs is 1. The zero-order valence-electron chi connectivity index (χ0n) is 14.3. The number of aliphatic hydroxyl groups is 1. The number of nitrogens with zero attached hydrogens (tertiary/aromatic N) is 1. The second-order valence-electron chi connectivity index (χ2n) is 6.42. The molecule has 1 aromatic rings. The third kappa shape index (κ3) is 4.24. The SMILES string of the molecule is COCC[C@@H](NC(=O)N1CCc2ccccc2[C@H]1CO)C(C)C. The molecule has 1 aliphatic rings. The summed E-state index contributed by atoms with van der Waals surface area (Å²) in [7, 11) is 1.67. The second-order valence-corrected chi connectivity index (χ2v) is 6.42. The minimum Gasteiger partial charge on any atom is -0.394 e. The summed E-state index contributed by atoms with van der Waals surface area (Å²) in [5, 5.41) is 12.9. The minimum absolute atomic E-state index is 0.0607. The number of methoxy groups -OCH3 is 1. The van der Waals surface area contributed by atoms with Crippen molar-refractivity contribution < 1.29 is 14.6 Å². The molecule has 1 heterocycles. The summed E-state index contributed by atoms with van der Waals surface area (Å²) >= 11 is 0. The van der Waals surface area contributed by atoms with Crippen LogP contribution in [0.5, 0.6) is 0 Å². The Labute approximate surface area is 138 Å². The van der Waals surface area contributed by atoms with E-state index in [-0.39, 0.29) is 24.7 Å². The van der Waals surface area contributed by atoms with Crippen molar-refractivity contribution in [1.29, 1.82) is 0 Å². The predicted octanol–water partition coefficient (Wildman–Crippen LogP) is 2.35. The molecule has 128 valence electrons. The summed E-state index contributed by atoms with van der Waals surface area (Å²) in [5.41, 5.74) is 2.27. The van der Waals surface area contributed by atoms with Crippen molar-refractivity contribution in [2.75, 3.05) is 26.9 Å². The average molecular weight is 320 g/mol. The number of amides is 2. The van der Waals surface area contributed by atoms with Gasteiger partial charge in [0.25, 0.3) is 0 Å². The Balaban J connectivity index is 2.09. The summed E-state index contributed by atoms with van der Waals surface area (Å²) in [6, 6.07) is 7.73. The highest BCUT2D eigenvalue weighted by molar-refractivity contribution is 5.75. The third-order valence-corrected chi connectivity index (χ3v) is 4.59. The predicted molar refractivity (Wildman–Crippen MR) is 90.3 cm³/mol. The van der Waals surface area contributed by atoms with Crippen LogP contribution in [0.1, 0.15) is 37.4 Å². The van der Waals surface area contributed by atoms with Gasteiger partial charge in [0.15, 0.2) is 0 Å². The molecule has 2 rings (SSSR count). The maximum Gasteiger partial charge on any atom is 0.318 e. The molecular formula is C18H28N2O3. The lowest BCUT2D eigenvalue weighted by Gasteiger charge is -2.37. The summed E-state index contributed by atoms with van der Waals surface area (Å²) in [6.45, 7) is 5.37. The van der Waals surface area contributed by atoms with Gasteiger partial charge >= 0.3 is 6.03 Å². The first-order valence-electron chi connectivity index (χ1n) is 8.33. The molecule has 1 aliphatic heterocycles. The van der Waals surface area contributed by atoms with Gasteiger partial charge in [-0.1, -0.05) is 38.1 Å². The molecule has 5 nitrogen and oxygen atoms in total. The number of carbonyl (C=O) groups is 1. The number of nitrogens with one attached hydrogen (secondary N) is 1. The Morgan fingerprint density at radius 2 is 2.17 bits per heavy atom. The molecule has 0 aliphatic carbocycles. The molecule has 0 bridgehead atoms. The zero-order chi connectivity index (χ0) is 16.8. The smallest absolute Gasteiger partial charge is 0.318 e. The van der Waals surface area contributed by atoms with Crippen molar-refractivity contribution in [2.24, 2.45) is 5.92 Å². The van der Waals surface area contributed by atoms with Crippen molar-refractivity contribution in [3.8, 4) is 0 Å². The highest BCUT2D eigenvalue weighted by Crippen LogP contribution is 2.29. The van der Waals surface area contributed by atoms with E-state index in [1.165, 1.54) is 5.56 Å². The van der Waals surface area contributed by atoms with Gasteiger partial charge in [0, 0.05) is 26.3 Å². The van der Waals surface area contributed by atoms with Crippen LogP contribution in [0, 0.1) is 5.92 Å². The Bertz CT molecular complexity index is 519. The van der Waals surface area contributed by atoms with Crippen LogP contribution < -0.4 is 5.32 Å². The average Bonchev–Trinajstić information content (AvgIpc) is 2.56. The van der Waals surface area contributed by atoms with Crippen LogP contribution in [0.4, 0.5) is 4.79 Å². The van der Waals surface area contributed by atoms with Crippen LogP contribution in [0.2, 0.25) is 0 Å². The molecule has 2 amide bonds. The molecular weight excluding hydrogens is 292 g/mol. The third-order valence-electron chi connectivity index (χ3n) is 4.59. The van der Waals surface area contributed by atoms with Gasteiger partial charge in [0.05, 0.1) is 12.6 Å². The highest BCUT2D eigenvalue weighted by atomic mass is 16.5. The molecule has 5 heteroatoms. The summed E-state index contributed by atoms with van der Waals surface area (Å²) < 4.78 is 5.13. The summed E-state index contributed by atoms with van der Waals surface area (Å²) in [6.07, 6.45) is 1.61. The van der Waals surface area contributed by atoms with E-state index in [1.54, 1.807) is 12.0 Å². The van der Waals surface area contributed by atoms with Crippen molar-refractivity contribution in [2.45, 2.75) is 38.8 Å². The molecule has 0 saturated heterocycles. The van der Waals surface area contributed by atoms with Gasteiger partial charge in [-0.25, -0.2) is 4.79 Å². The lowest BCUT2D eigenvalue weighted by Crippen LogP contribution is -2.51. The molecule has 0 aromatic heterocycles. The van der Waals surface area contributed by atoms with Gasteiger partial charge in [0.1, 0.15) is 0 Å². The molecule has 2 atom stereocenters. The van der Waals surface area contributed by atoms with Crippen LogP contribution in [0.3, 0.4) is 0 Å². The van der Waals surface area contributed by atoms with E-state index in [9.17, 15) is 9.90 Å². The Hall–Kier alpha value is -1.59. The molecule has 0 fully saturated rings. The quantitative estimate of drug-likeness (QED) is 0.846. The fourth-order valence-electron chi connectivity index (χ4n) is 3.15. The Morgan fingerprint density at radius 1 is 1.43 bits per heavy atom. The number of hydrogen-bond donors (Lipinski definition) is 2. The number of hydrogen-bond acceptors (Lipinski definition) is 3. The van der Waals surface area contributed by atoms with Crippen LogP contribution in [-0.4, -0.2) is 48.9 Å². The number of ether oxygens (including phenoxy) is 1. The molecule has 2 N–H and O–H groups in total. The van der Waals surface area contributed by atoms with Crippen molar-refractivity contribution in [3.63, 3.8) is 0 Å². The number of benzene rings is 1. The molecule has 0 unspecified atom stereocenters. The molecule has 0 radical (unpaired) electrons. The lowest BCUT2D eigenvalue weighted by atomic mass is 9.93. The molecule has 0 saturated carbocycles. The van der Waals surface area contributed by atoms with E-state index >= 15 is 0 Å². The van der Waals surface area contributed by atoms with E-state index in [1.807, 2.05) is 18.2 Å². The molecule has 1 aromatic carbocycles. The maximum absolute atomic E-state index is 12.7. The number of carbonyl (C=O) groups excluding carboxylic acids is 1. The highest BCUT2D eigenvalue weighted by Gasteiger charge is 2.31. The first kappa shape index (κ1) is 17.8. The standard InChI is InChI=1S/C18H28N2O3/c1-13(2)16(9-11-23-3)19-18(22)20-10-8-14-6-4-5-7-15(14)17(20)12-21/h4-7,13,16-17,21H,8-12H2,1-3H3,(H,19,22)/t16-,17-/m1/s1. The van der Waals surface area contributed by atoms with E-state index in [2.05, 4.69) is 25.2 Å². The van der Waals surface area contributed by atoms with Crippen molar-refractivity contribution in [3.05, 3.63) is 35.4 Å². The van der Waals surface area contributed by atoms with E-state index in [0.29, 0.717) is 19.1 Å². The van der Waals surface area contributed by atoms with E-state index < -0.39 is 0 Å². The van der Waals surface area contributed by atoms with E-state index in [0.717, 1.165) is 18.4 Å². The number of aliphatic hydroxyl groups excluding tert-OH is 1. The van der Waals surface area contributed by atoms with Gasteiger partial charge in [-0.3, -0.25) is 0 Å². The van der Waals surface area contributed by atoms with Crippen LogP contribution in [-0.2, 0) is 11.2 Å². The normalized spacial score (nSPS) is 18.7. The van der Waals surface area contributed by atoms with Gasteiger partial charge in [-0.15, -0.1) is 0 Å². The molecule has 0 spiro atoms. The van der Waals surface area contributed by atoms with Gasteiger partial charge < -0.3 is 20.1 Å². The van der Waals surface area contributed by atoms with Gasteiger partial charge in [-0.05, 0) is 29.9 Å². The second kappa shape index (κ2) is 8.31. The first-order valence-corrected chi connectivity index (χ1v) is 8.33. The topological polar surface area (TPSA) is 61.8 Å². The largest absolute Gasteiger partial charge is 0.394 e. The molecule has 23 heavy (non-hydrogen) atoms.